The number of aliphatic hydroxyl groups is 1. The SMILES string of the molecule is Cc1cc(=O)c(C(=O)NCC2(O)CCC(C)(C)CC2)c[nH]1. The molecule has 0 unspecified atom stereocenters. The van der Waals surface area contributed by atoms with Crippen molar-refractivity contribution in [1.29, 1.82) is 0 Å². The Balaban J connectivity index is 1.97. The Hall–Kier alpha value is -1.62. The molecule has 1 heterocycles. The highest BCUT2D eigenvalue weighted by Gasteiger charge is 2.36. The Bertz CT molecular complexity index is 579. The van der Waals surface area contributed by atoms with Crippen LogP contribution >= 0.6 is 0 Å². The summed E-state index contributed by atoms with van der Waals surface area (Å²) in [6, 6.07) is 1.40. The molecule has 1 aromatic rings. The van der Waals surface area contributed by atoms with Crippen LogP contribution in [0.2, 0.25) is 0 Å². The van der Waals surface area contributed by atoms with Crippen molar-refractivity contribution in [2.45, 2.75) is 52.1 Å². The Labute approximate surface area is 124 Å². The van der Waals surface area contributed by atoms with Crippen LogP contribution in [0.4, 0.5) is 0 Å². The molecule has 1 aliphatic carbocycles. The van der Waals surface area contributed by atoms with E-state index in [1.165, 1.54) is 12.3 Å². The number of pyridine rings is 1. The third kappa shape index (κ3) is 3.94. The molecule has 1 aromatic heterocycles. The molecule has 0 spiro atoms. The van der Waals surface area contributed by atoms with Crippen LogP contribution in [-0.4, -0.2) is 28.1 Å². The first-order valence-electron chi connectivity index (χ1n) is 7.41. The Morgan fingerprint density at radius 2 is 1.95 bits per heavy atom. The molecule has 116 valence electrons. The minimum atomic E-state index is -0.858. The maximum Gasteiger partial charge on any atom is 0.256 e. The van der Waals surface area contributed by atoms with Gasteiger partial charge in [0.1, 0.15) is 5.56 Å². The minimum Gasteiger partial charge on any atom is -0.388 e. The predicted octanol–water partition coefficient (Wildman–Crippen LogP) is 1.74. The highest BCUT2D eigenvalue weighted by atomic mass is 16.3. The first-order chi connectivity index (χ1) is 9.71. The molecule has 1 saturated carbocycles. The van der Waals surface area contributed by atoms with Gasteiger partial charge in [0, 0.05) is 24.5 Å². The lowest BCUT2D eigenvalue weighted by Crippen LogP contribution is -2.47. The van der Waals surface area contributed by atoms with Crippen molar-refractivity contribution in [1.82, 2.24) is 10.3 Å². The average Bonchev–Trinajstić information content (AvgIpc) is 2.40. The van der Waals surface area contributed by atoms with E-state index in [4.69, 9.17) is 0 Å². The Morgan fingerprint density at radius 1 is 1.33 bits per heavy atom. The summed E-state index contributed by atoms with van der Waals surface area (Å²) in [4.78, 5) is 26.7. The fourth-order valence-corrected chi connectivity index (χ4v) is 2.66. The van der Waals surface area contributed by atoms with E-state index >= 15 is 0 Å². The van der Waals surface area contributed by atoms with Crippen LogP contribution in [0.25, 0.3) is 0 Å². The third-order valence-electron chi connectivity index (χ3n) is 4.41. The zero-order chi connectivity index (χ0) is 15.7. The molecule has 0 radical (unpaired) electrons. The van der Waals surface area contributed by atoms with E-state index in [9.17, 15) is 14.7 Å². The van der Waals surface area contributed by atoms with Crippen LogP contribution in [0, 0.1) is 12.3 Å². The fourth-order valence-electron chi connectivity index (χ4n) is 2.66. The standard InChI is InChI=1S/C16H24N2O3/c1-11-8-13(19)12(9-17-11)14(20)18-10-16(21)6-4-15(2,3)5-7-16/h8-9,21H,4-7,10H2,1-3H3,(H,17,19)(H,18,20). The van der Waals surface area contributed by atoms with Crippen LogP contribution < -0.4 is 10.7 Å². The maximum atomic E-state index is 12.0. The highest BCUT2D eigenvalue weighted by molar-refractivity contribution is 5.93. The maximum absolute atomic E-state index is 12.0. The number of hydrogen-bond acceptors (Lipinski definition) is 3. The number of H-pyrrole nitrogens is 1. The van der Waals surface area contributed by atoms with Crippen LogP contribution in [0.5, 0.6) is 0 Å². The lowest BCUT2D eigenvalue weighted by molar-refractivity contribution is -0.0233. The van der Waals surface area contributed by atoms with E-state index in [1.54, 1.807) is 6.92 Å². The summed E-state index contributed by atoms with van der Waals surface area (Å²) in [5.41, 5.74) is -0.113. The first kappa shape index (κ1) is 15.8. The van der Waals surface area contributed by atoms with Gasteiger partial charge in [-0.2, -0.15) is 0 Å². The van der Waals surface area contributed by atoms with Gasteiger partial charge in [0.25, 0.3) is 5.91 Å². The number of nitrogens with one attached hydrogen (secondary N) is 2. The van der Waals surface area contributed by atoms with E-state index in [-0.39, 0.29) is 23.0 Å². The zero-order valence-corrected chi connectivity index (χ0v) is 13.0. The van der Waals surface area contributed by atoms with Gasteiger partial charge in [-0.15, -0.1) is 0 Å². The second-order valence-electron chi connectivity index (χ2n) is 6.97. The van der Waals surface area contributed by atoms with Crippen molar-refractivity contribution in [3.8, 4) is 0 Å². The van der Waals surface area contributed by atoms with E-state index < -0.39 is 11.5 Å². The summed E-state index contributed by atoms with van der Waals surface area (Å²) in [5.74, 6) is -0.436. The number of aryl methyl sites for hydroxylation is 1. The molecular weight excluding hydrogens is 268 g/mol. The highest BCUT2D eigenvalue weighted by Crippen LogP contribution is 2.39. The van der Waals surface area contributed by atoms with Crippen molar-refractivity contribution in [2.24, 2.45) is 5.41 Å². The van der Waals surface area contributed by atoms with Crippen molar-refractivity contribution >= 4 is 5.91 Å². The molecule has 0 aliphatic heterocycles. The van der Waals surface area contributed by atoms with Crippen molar-refractivity contribution in [2.75, 3.05) is 6.54 Å². The second-order valence-corrected chi connectivity index (χ2v) is 6.97. The summed E-state index contributed by atoms with van der Waals surface area (Å²) < 4.78 is 0. The lowest BCUT2D eigenvalue weighted by Gasteiger charge is -2.40. The number of rotatable bonds is 3. The topological polar surface area (TPSA) is 82.2 Å². The Morgan fingerprint density at radius 3 is 2.52 bits per heavy atom. The van der Waals surface area contributed by atoms with Crippen molar-refractivity contribution in [3.63, 3.8) is 0 Å². The van der Waals surface area contributed by atoms with Gasteiger partial charge >= 0.3 is 0 Å². The molecule has 2 rings (SSSR count). The number of carbonyl (C=O) groups excluding carboxylic acids is 1. The van der Waals surface area contributed by atoms with Gasteiger partial charge in [0.15, 0.2) is 5.43 Å². The molecule has 21 heavy (non-hydrogen) atoms. The summed E-state index contributed by atoms with van der Waals surface area (Å²) in [6.45, 7) is 6.33. The van der Waals surface area contributed by atoms with Crippen LogP contribution in [0.3, 0.4) is 0 Å². The summed E-state index contributed by atoms with van der Waals surface area (Å²) >= 11 is 0. The molecule has 1 aliphatic rings. The molecule has 1 fully saturated rings. The van der Waals surface area contributed by atoms with Crippen molar-refractivity contribution in [3.05, 3.63) is 33.7 Å². The largest absolute Gasteiger partial charge is 0.388 e. The van der Waals surface area contributed by atoms with Crippen LogP contribution in [-0.2, 0) is 0 Å². The van der Waals surface area contributed by atoms with Gasteiger partial charge in [0.05, 0.1) is 5.60 Å². The second kappa shape index (κ2) is 5.64. The minimum absolute atomic E-state index is 0.0836. The van der Waals surface area contributed by atoms with Gasteiger partial charge < -0.3 is 15.4 Å². The molecular formula is C16H24N2O3. The quantitative estimate of drug-likeness (QED) is 0.793. The molecule has 1 amide bonds. The van der Waals surface area contributed by atoms with E-state index in [2.05, 4.69) is 24.1 Å². The molecule has 0 aromatic carbocycles. The molecule has 5 nitrogen and oxygen atoms in total. The smallest absolute Gasteiger partial charge is 0.256 e. The number of amides is 1. The summed E-state index contributed by atoms with van der Waals surface area (Å²) in [7, 11) is 0. The van der Waals surface area contributed by atoms with Gasteiger partial charge in [-0.3, -0.25) is 9.59 Å². The molecule has 0 bridgehead atoms. The fraction of sp³-hybridized carbons (Fsp3) is 0.625. The van der Waals surface area contributed by atoms with Gasteiger partial charge in [-0.1, -0.05) is 13.8 Å². The number of aromatic amines is 1. The van der Waals surface area contributed by atoms with Crippen molar-refractivity contribution < 1.29 is 9.90 Å². The van der Waals surface area contributed by atoms with Gasteiger partial charge in [0.2, 0.25) is 0 Å². The number of hydrogen-bond donors (Lipinski definition) is 3. The number of aromatic nitrogens is 1. The number of carbonyl (C=O) groups is 1. The van der Waals surface area contributed by atoms with E-state index in [0.29, 0.717) is 18.5 Å². The average molecular weight is 292 g/mol. The molecule has 3 N–H and O–H groups in total. The van der Waals surface area contributed by atoms with Crippen LogP contribution in [0.1, 0.15) is 55.6 Å². The monoisotopic (exact) mass is 292 g/mol. The summed E-state index contributed by atoms with van der Waals surface area (Å²) in [5, 5.41) is 13.2. The summed E-state index contributed by atoms with van der Waals surface area (Å²) in [6.07, 6.45) is 4.63. The molecule has 0 saturated heterocycles. The zero-order valence-electron chi connectivity index (χ0n) is 13.0. The van der Waals surface area contributed by atoms with Gasteiger partial charge in [-0.25, -0.2) is 0 Å². The van der Waals surface area contributed by atoms with E-state index in [0.717, 1.165) is 12.8 Å². The van der Waals surface area contributed by atoms with E-state index in [1.807, 2.05) is 0 Å². The lowest BCUT2D eigenvalue weighted by atomic mass is 9.71. The Kier molecular flexibility index (Phi) is 4.23. The third-order valence-corrected chi connectivity index (χ3v) is 4.41. The first-order valence-corrected chi connectivity index (χ1v) is 7.41. The molecule has 5 heteroatoms. The molecule has 0 atom stereocenters. The normalized spacial score (nSPS) is 20.0. The van der Waals surface area contributed by atoms with Crippen LogP contribution in [0.15, 0.2) is 17.1 Å². The van der Waals surface area contributed by atoms with Gasteiger partial charge in [-0.05, 0) is 38.0 Å². The predicted molar refractivity (Wildman–Crippen MR) is 81.3 cm³/mol.